The molecule has 1 aromatic rings. The van der Waals surface area contributed by atoms with Gasteiger partial charge < -0.3 is 10.6 Å². The Morgan fingerprint density at radius 1 is 1.56 bits per heavy atom. The first-order valence-electron chi connectivity index (χ1n) is 6.06. The summed E-state index contributed by atoms with van der Waals surface area (Å²) in [5, 5.41) is 0. The second-order valence-corrected chi connectivity index (χ2v) is 5.78. The second kappa shape index (κ2) is 5.97. The highest BCUT2D eigenvalue weighted by molar-refractivity contribution is 14.1. The summed E-state index contributed by atoms with van der Waals surface area (Å²) >= 11 is 2.00. The van der Waals surface area contributed by atoms with E-state index in [0.717, 1.165) is 19.4 Å². The molecule has 0 aliphatic carbocycles. The molecule has 1 aromatic carbocycles. The lowest BCUT2D eigenvalue weighted by Gasteiger charge is -2.32. The quantitative estimate of drug-likeness (QED) is 0.821. The summed E-state index contributed by atoms with van der Waals surface area (Å²) in [4.78, 5) is 14.2. The highest BCUT2D eigenvalue weighted by atomic mass is 127. The largest absolute Gasteiger partial charge is 0.338 e. The van der Waals surface area contributed by atoms with Crippen LogP contribution in [0.25, 0.3) is 0 Å². The summed E-state index contributed by atoms with van der Waals surface area (Å²) < 4.78 is 13.7. The molecule has 18 heavy (non-hydrogen) atoms. The maximum atomic E-state index is 13.0. The predicted molar refractivity (Wildman–Crippen MR) is 76.8 cm³/mol. The molecule has 0 spiro atoms. The van der Waals surface area contributed by atoms with E-state index in [1.165, 1.54) is 12.1 Å². The molecule has 1 atom stereocenters. The number of carbonyl (C=O) groups excluding carboxylic acids is 1. The lowest BCUT2D eigenvalue weighted by Crippen LogP contribution is -2.42. The molecule has 2 N–H and O–H groups in total. The first kappa shape index (κ1) is 13.7. The fourth-order valence-electron chi connectivity index (χ4n) is 2.28. The molecule has 1 saturated heterocycles. The molecule has 1 heterocycles. The van der Waals surface area contributed by atoms with Crippen LogP contribution in [0.5, 0.6) is 0 Å². The molecule has 1 amide bonds. The van der Waals surface area contributed by atoms with Crippen LogP contribution in [0.2, 0.25) is 0 Å². The topological polar surface area (TPSA) is 46.3 Å². The van der Waals surface area contributed by atoms with Gasteiger partial charge in [0.05, 0.1) is 5.56 Å². The van der Waals surface area contributed by atoms with E-state index in [9.17, 15) is 9.18 Å². The van der Waals surface area contributed by atoms with Crippen molar-refractivity contribution in [3.05, 3.63) is 33.1 Å². The van der Waals surface area contributed by atoms with Crippen molar-refractivity contribution in [3.8, 4) is 0 Å². The van der Waals surface area contributed by atoms with Crippen LogP contribution in [0.1, 0.15) is 23.2 Å². The number of halogens is 2. The summed E-state index contributed by atoms with van der Waals surface area (Å²) in [7, 11) is 0. The third-order valence-electron chi connectivity index (χ3n) is 3.30. The second-order valence-electron chi connectivity index (χ2n) is 4.62. The van der Waals surface area contributed by atoms with Gasteiger partial charge in [-0.05, 0) is 66.1 Å². The van der Waals surface area contributed by atoms with Crippen molar-refractivity contribution in [3.63, 3.8) is 0 Å². The number of rotatable bonds is 2. The smallest absolute Gasteiger partial charge is 0.254 e. The Bertz CT molecular complexity index is 453. The van der Waals surface area contributed by atoms with Gasteiger partial charge in [0.2, 0.25) is 0 Å². The molecule has 1 aliphatic rings. The summed E-state index contributed by atoms with van der Waals surface area (Å²) in [6, 6.07) is 4.28. The molecule has 98 valence electrons. The van der Waals surface area contributed by atoms with Crippen LogP contribution >= 0.6 is 22.6 Å². The Morgan fingerprint density at radius 3 is 3.00 bits per heavy atom. The van der Waals surface area contributed by atoms with E-state index >= 15 is 0 Å². The van der Waals surface area contributed by atoms with E-state index < -0.39 is 0 Å². The average molecular weight is 362 g/mol. The van der Waals surface area contributed by atoms with E-state index in [0.29, 0.717) is 28.1 Å². The minimum Gasteiger partial charge on any atom is -0.338 e. The first-order valence-corrected chi connectivity index (χ1v) is 7.14. The van der Waals surface area contributed by atoms with E-state index in [1.807, 2.05) is 27.5 Å². The highest BCUT2D eigenvalue weighted by Crippen LogP contribution is 2.21. The molecule has 0 saturated carbocycles. The summed E-state index contributed by atoms with van der Waals surface area (Å²) in [6.45, 7) is 2.09. The molecule has 5 heteroatoms. The number of carbonyl (C=O) groups is 1. The van der Waals surface area contributed by atoms with Gasteiger partial charge in [-0.25, -0.2) is 4.39 Å². The van der Waals surface area contributed by atoms with Gasteiger partial charge in [-0.3, -0.25) is 4.79 Å². The molecule has 0 bridgehead atoms. The lowest BCUT2D eigenvalue weighted by molar-refractivity contribution is 0.0677. The van der Waals surface area contributed by atoms with Gasteiger partial charge in [-0.15, -0.1) is 0 Å². The number of likely N-dealkylation sites (tertiary alicyclic amines) is 1. The third kappa shape index (κ3) is 3.00. The Morgan fingerprint density at radius 2 is 2.33 bits per heavy atom. The number of nitrogens with zero attached hydrogens (tertiary/aromatic N) is 1. The number of benzene rings is 1. The normalized spacial score (nSPS) is 19.9. The SMILES string of the molecule is NCC1CCCN(C(=O)c2ccc(F)cc2I)C1. The first-order chi connectivity index (χ1) is 8.61. The van der Waals surface area contributed by atoms with Crippen molar-refractivity contribution in [2.24, 2.45) is 11.7 Å². The highest BCUT2D eigenvalue weighted by Gasteiger charge is 2.24. The molecule has 0 radical (unpaired) electrons. The zero-order chi connectivity index (χ0) is 13.1. The Balaban J connectivity index is 2.15. The average Bonchev–Trinajstić information content (AvgIpc) is 2.38. The van der Waals surface area contributed by atoms with Gasteiger partial charge in [0, 0.05) is 16.7 Å². The van der Waals surface area contributed by atoms with Crippen LogP contribution in [0.15, 0.2) is 18.2 Å². The monoisotopic (exact) mass is 362 g/mol. The minimum absolute atomic E-state index is 0.0162. The van der Waals surface area contributed by atoms with Gasteiger partial charge in [-0.1, -0.05) is 0 Å². The van der Waals surface area contributed by atoms with E-state index in [2.05, 4.69) is 0 Å². The Labute approximate surface area is 120 Å². The van der Waals surface area contributed by atoms with Crippen LogP contribution in [-0.4, -0.2) is 30.4 Å². The van der Waals surface area contributed by atoms with Gasteiger partial charge in [0.1, 0.15) is 5.82 Å². The Kier molecular flexibility index (Phi) is 4.55. The van der Waals surface area contributed by atoms with Crippen molar-refractivity contribution in [2.45, 2.75) is 12.8 Å². The van der Waals surface area contributed by atoms with Crippen molar-refractivity contribution >= 4 is 28.5 Å². The standard InChI is InChI=1S/C13H16FIN2O/c14-10-3-4-11(12(15)6-10)13(18)17-5-1-2-9(7-16)8-17/h3-4,6,9H,1-2,5,7-8,16H2. The van der Waals surface area contributed by atoms with E-state index in [-0.39, 0.29) is 11.7 Å². The van der Waals surface area contributed by atoms with E-state index in [1.54, 1.807) is 6.07 Å². The molecular formula is C13H16FIN2O. The van der Waals surface area contributed by atoms with Crippen LogP contribution in [-0.2, 0) is 0 Å². The maximum Gasteiger partial charge on any atom is 0.254 e. The van der Waals surface area contributed by atoms with Crippen LogP contribution in [0, 0.1) is 15.3 Å². The molecule has 2 rings (SSSR count). The molecule has 0 aromatic heterocycles. The lowest BCUT2D eigenvalue weighted by atomic mass is 9.97. The zero-order valence-electron chi connectivity index (χ0n) is 10.0. The van der Waals surface area contributed by atoms with Crippen LogP contribution in [0.3, 0.4) is 0 Å². The van der Waals surface area contributed by atoms with Gasteiger partial charge >= 0.3 is 0 Å². The predicted octanol–water partition coefficient (Wildman–Crippen LogP) is 2.24. The number of nitrogens with two attached hydrogens (primary N) is 1. The molecule has 3 nitrogen and oxygen atoms in total. The number of amides is 1. The third-order valence-corrected chi connectivity index (χ3v) is 4.19. The van der Waals surface area contributed by atoms with Gasteiger partial charge in [0.15, 0.2) is 0 Å². The molecule has 1 aliphatic heterocycles. The maximum absolute atomic E-state index is 13.0. The molecular weight excluding hydrogens is 346 g/mol. The van der Waals surface area contributed by atoms with Crippen LogP contribution < -0.4 is 5.73 Å². The van der Waals surface area contributed by atoms with Crippen LogP contribution in [0.4, 0.5) is 4.39 Å². The van der Waals surface area contributed by atoms with Gasteiger partial charge in [0.25, 0.3) is 5.91 Å². The van der Waals surface area contributed by atoms with Gasteiger partial charge in [-0.2, -0.15) is 0 Å². The van der Waals surface area contributed by atoms with Crippen molar-refractivity contribution < 1.29 is 9.18 Å². The molecule has 1 fully saturated rings. The Hall–Kier alpha value is -0.690. The minimum atomic E-state index is -0.311. The number of hydrogen-bond acceptors (Lipinski definition) is 2. The number of hydrogen-bond donors (Lipinski definition) is 1. The number of piperidine rings is 1. The van der Waals surface area contributed by atoms with E-state index in [4.69, 9.17) is 5.73 Å². The summed E-state index contributed by atoms with van der Waals surface area (Å²) in [5.74, 6) is 0.0628. The summed E-state index contributed by atoms with van der Waals surface area (Å²) in [5.41, 5.74) is 6.24. The van der Waals surface area contributed by atoms with Crippen molar-refractivity contribution in [1.82, 2.24) is 4.90 Å². The molecule has 1 unspecified atom stereocenters. The fraction of sp³-hybridized carbons (Fsp3) is 0.462. The zero-order valence-corrected chi connectivity index (χ0v) is 12.2. The van der Waals surface area contributed by atoms with Crippen molar-refractivity contribution in [2.75, 3.05) is 19.6 Å². The fourth-order valence-corrected chi connectivity index (χ4v) is 2.98. The summed E-state index contributed by atoms with van der Waals surface area (Å²) in [6.07, 6.45) is 2.08. The van der Waals surface area contributed by atoms with Crippen molar-refractivity contribution in [1.29, 1.82) is 0 Å².